The lowest BCUT2D eigenvalue weighted by molar-refractivity contribution is -0.384. The average Bonchev–Trinajstić information content (AvgIpc) is 2.37. The van der Waals surface area contributed by atoms with E-state index in [0.29, 0.717) is 0 Å². The van der Waals surface area contributed by atoms with E-state index in [1.54, 1.807) is 13.1 Å². The summed E-state index contributed by atoms with van der Waals surface area (Å²) in [6, 6.07) is 6.15. The first-order chi connectivity index (χ1) is 8.88. The number of nitriles is 1. The number of hydrogen-bond donors (Lipinski definition) is 1. The molecule has 1 atom stereocenters. The van der Waals surface area contributed by atoms with Crippen LogP contribution in [-0.4, -0.2) is 29.6 Å². The fraction of sp³-hybridized carbons (Fsp3) is 0.333. The maximum absolute atomic E-state index is 11.0. The Morgan fingerprint density at radius 3 is 2.74 bits per heavy atom. The maximum Gasteiger partial charge on any atom is 0.310 e. The topological polar surface area (TPSA) is 107 Å². The van der Waals surface area contributed by atoms with E-state index in [2.05, 4.69) is 0 Å². The highest BCUT2D eigenvalue weighted by Gasteiger charge is 2.24. The molecule has 0 spiro atoms. The molecule has 0 aliphatic carbocycles. The first-order valence-electron chi connectivity index (χ1n) is 5.50. The van der Waals surface area contributed by atoms with Gasteiger partial charge in [0.15, 0.2) is 0 Å². The minimum Gasteiger partial charge on any atom is -0.481 e. The second-order valence-electron chi connectivity index (χ2n) is 4.16. The lowest BCUT2D eigenvalue weighted by Gasteiger charge is -2.21. The lowest BCUT2D eigenvalue weighted by atomic mass is 10.1. The van der Waals surface area contributed by atoms with Crippen LogP contribution in [0.3, 0.4) is 0 Å². The fourth-order valence-corrected chi connectivity index (χ4v) is 1.71. The van der Waals surface area contributed by atoms with Gasteiger partial charge in [-0.1, -0.05) is 13.0 Å². The van der Waals surface area contributed by atoms with Gasteiger partial charge in [-0.2, -0.15) is 5.26 Å². The Labute approximate surface area is 109 Å². The number of hydrogen-bond acceptors (Lipinski definition) is 5. The van der Waals surface area contributed by atoms with Crippen molar-refractivity contribution in [2.45, 2.75) is 6.92 Å². The number of para-hydroxylation sites is 1. The molecule has 0 bridgehead atoms. The van der Waals surface area contributed by atoms with Crippen molar-refractivity contribution in [1.82, 2.24) is 0 Å². The summed E-state index contributed by atoms with van der Waals surface area (Å²) in [5, 5.41) is 28.8. The van der Waals surface area contributed by atoms with Crippen molar-refractivity contribution in [3.8, 4) is 6.07 Å². The molecule has 0 aliphatic heterocycles. The number of nitro groups is 1. The van der Waals surface area contributed by atoms with E-state index in [9.17, 15) is 14.9 Å². The smallest absolute Gasteiger partial charge is 0.310 e. The normalized spacial score (nSPS) is 11.4. The van der Waals surface area contributed by atoms with Gasteiger partial charge >= 0.3 is 11.7 Å². The van der Waals surface area contributed by atoms with Crippen LogP contribution in [0.4, 0.5) is 11.4 Å². The van der Waals surface area contributed by atoms with Gasteiger partial charge in [-0.05, 0) is 12.1 Å². The highest BCUT2D eigenvalue weighted by atomic mass is 16.6. The van der Waals surface area contributed by atoms with Gasteiger partial charge in [-0.25, -0.2) is 0 Å². The zero-order valence-corrected chi connectivity index (χ0v) is 10.5. The lowest BCUT2D eigenvalue weighted by Crippen LogP contribution is -2.29. The van der Waals surface area contributed by atoms with E-state index in [1.165, 1.54) is 30.0 Å². The number of anilines is 1. The van der Waals surface area contributed by atoms with E-state index in [4.69, 9.17) is 10.4 Å². The van der Waals surface area contributed by atoms with Gasteiger partial charge in [0.05, 0.1) is 10.8 Å². The van der Waals surface area contributed by atoms with Crippen LogP contribution in [0.15, 0.2) is 18.2 Å². The van der Waals surface area contributed by atoms with Crippen LogP contribution in [0, 0.1) is 27.4 Å². The predicted octanol–water partition coefficient (Wildman–Crippen LogP) is 1.62. The molecule has 100 valence electrons. The van der Waals surface area contributed by atoms with Gasteiger partial charge < -0.3 is 10.0 Å². The summed E-state index contributed by atoms with van der Waals surface area (Å²) < 4.78 is 0. The number of aliphatic carboxylic acids is 1. The summed E-state index contributed by atoms with van der Waals surface area (Å²) in [6.07, 6.45) is 0. The molecular formula is C12H13N3O4. The van der Waals surface area contributed by atoms with E-state index >= 15 is 0 Å². The number of nitrogens with zero attached hydrogens (tertiary/aromatic N) is 3. The molecule has 0 heterocycles. The molecule has 7 heteroatoms. The highest BCUT2D eigenvalue weighted by Crippen LogP contribution is 2.31. The van der Waals surface area contributed by atoms with Crippen molar-refractivity contribution in [3.05, 3.63) is 33.9 Å². The first-order valence-corrected chi connectivity index (χ1v) is 5.50. The molecule has 1 aromatic carbocycles. The Morgan fingerprint density at radius 1 is 1.63 bits per heavy atom. The molecule has 1 N–H and O–H groups in total. The SMILES string of the molecule is CC(CN(C)c1cccc(C#N)c1[N+](=O)[O-])C(=O)O. The minimum absolute atomic E-state index is 0.0441. The van der Waals surface area contributed by atoms with Crippen molar-refractivity contribution in [2.24, 2.45) is 5.92 Å². The monoisotopic (exact) mass is 263 g/mol. The molecule has 1 unspecified atom stereocenters. The van der Waals surface area contributed by atoms with E-state index in [1.807, 2.05) is 0 Å². The van der Waals surface area contributed by atoms with Crippen LogP contribution >= 0.6 is 0 Å². The predicted molar refractivity (Wildman–Crippen MR) is 67.9 cm³/mol. The van der Waals surface area contributed by atoms with Crippen molar-refractivity contribution in [2.75, 3.05) is 18.5 Å². The second kappa shape index (κ2) is 5.82. The number of carboxylic acids is 1. The number of carbonyl (C=O) groups is 1. The second-order valence-corrected chi connectivity index (χ2v) is 4.16. The summed E-state index contributed by atoms with van der Waals surface area (Å²) in [7, 11) is 1.56. The Morgan fingerprint density at radius 2 is 2.26 bits per heavy atom. The number of carboxylic acid groups (broad SMARTS) is 1. The van der Waals surface area contributed by atoms with Crippen LogP contribution in [0.25, 0.3) is 0 Å². The quantitative estimate of drug-likeness (QED) is 0.638. The molecule has 0 radical (unpaired) electrons. The molecule has 0 aliphatic rings. The third-order valence-corrected chi connectivity index (χ3v) is 2.70. The van der Waals surface area contributed by atoms with Gasteiger partial charge in [0, 0.05) is 13.6 Å². The zero-order chi connectivity index (χ0) is 14.6. The molecule has 1 rings (SSSR count). The summed E-state index contributed by atoms with van der Waals surface area (Å²) in [5.41, 5.74) is -0.112. The Hall–Kier alpha value is -2.62. The fourth-order valence-electron chi connectivity index (χ4n) is 1.71. The van der Waals surface area contributed by atoms with Gasteiger partial charge in [0.1, 0.15) is 17.3 Å². The van der Waals surface area contributed by atoms with Crippen LogP contribution < -0.4 is 4.90 Å². The zero-order valence-electron chi connectivity index (χ0n) is 10.5. The molecule has 7 nitrogen and oxygen atoms in total. The van der Waals surface area contributed by atoms with E-state index < -0.39 is 16.8 Å². The molecule has 19 heavy (non-hydrogen) atoms. The van der Waals surface area contributed by atoms with Gasteiger partial charge in [0.2, 0.25) is 0 Å². The molecular weight excluding hydrogens is 250 g/mol. The maximum atomic E-state index is 11.0. The van der Waals surface area contributed by atoms with Crippen molar-refractivity contribution in [3.63, 3.8) is 0 Å². The molecule has 0 saturated carbocycles. The van der Waals surface area contributed by atoms with Gasteiger partial charge in [0.25, 0.3) is 0 Å². The third kappa shape index (κ3) is 3.19. The molecule has 0 amide bonds. The van der Waals surface area contributed by atoms with Crippen LogP contribution in [0.5, 0.6) is 0 Å². The van der Waals surface area contributed by atoms with Crippen molar-refractivity contribution < 1.29 is 14.8 Å². The molecule has 0 saturated heterocycles. The summed E-state index contributed by atoms with van der Waals surface area (Å²) >= 11 is 0. The molecule has 1 aromatic rings. The van der Waals surface area contributed by atoms with Crippen LogP contribution in [0.1, 0.15) is 12.5 Å². The first kappa shape index (κ1) is 14.4. The van der Waals surface area contributed by atoms with E-state index in [0.717, 1.165) is 0 Å². The number of benzene rings is 1. The summed E-state index contributed by atoms with van der Waals surface area (Å²) in [6.45, 7) is 1.63. The highest BCUT2D eigenvalue weighted by molar-refractivity contribution is 5.73. The van der Waals surface area contributed by atoms with Crippen LogP contribution in [-0.2, 0) is 4.79 Å². The number of rotatable bonds is 5. The van der Waals surface area contributed by atoms with Crippen molar-refractivity contribution in [1.29, 1.82) is 5.26 Å². The molecule has 0 aromatic heterocycles. The van der Waals surface area contributed by atoms with Crippen molar-refractivity contribution >= 4 is 17.3 Å². The van der Waals surface area contributed by atoms with Gasteiger partial charge in [-0.3, -0.25) is 14.9 Å². The molecule has 0 fully saturated rings. The van der Waals surface area contributed by atoms with Crippen LogP contribution in [0.2, 0.25) is 0 Å². The summed E-state index contributed by atoms with van der Waals surface area (Å²) in [4.78, 5) is 22.7. The largest absolute Gasteiger partial charge is 0.481 e. The Bertz CT molecular complexity index is 550. The van der Waals surface area contributed by atoms with E-state index in [-0.39, 0.29) is 23.5 Å². The minimum atomic E-state index is -0.981. The third-order valence-electron chi connectivity index (χ3n) is 2.70. The standard InChI is InChI=1S/C12H13N3O4/c1-8(12(16)17)7-14(2)10-5-3-4-9(6-13)11(10)15(18)19/h3-5,8H,7H2,1-2H3,(H,16,17). The Kier molecular flexibility index (Phi) is 4.42. The van der Waals surface area contributed by atoms with Gasteiger partial charge in [-0.15, -0.1) is 0 Å². The number of nitro benzene ring substituents is 1. The Balaban J connectivity index is 3.17. The average molecular weight is 263 g/mol. The summed E-state index contributed by atoms with van der Waals surface area (Å²) in [5.74, 6) is -1.65.